The summed E-state index contributed by atoms with van der Waals surface area (Å²) in [7, 11) is -3.56. The fourth-order valence-corrected chi connectivity index (χ4v) is 3.29. The van der Waals surface area contributed by atoms with Crippen LogP contribution < -0.4 is 10.5 Å². The first-order valence-corrected chi connectivity index (χ1v) is 8.01. The maximum atomic E-state index is 12.3. The smallest absolute Gasteiger partial charge is 0.241 e. The number of hydrogen-bond acceptors (Lipinski definition) is 4. The van der Waals surface area contributed by atoms with E-state index < -0.39 is 10.0 Å². The number of hydrogen-bond donors (Lipinski definition) is 2. The lowest BCUT2D eigenvalue weighted by Gasteiger charge is -2.09. The quantitative estimate of drug-likeness (QED) is 0.625. The molecule has 7 heteroatoms. The lowest BCUT2D eigenvalue weighted by molar-refractivity contribution is 0.581. The molecule has 0 atom stereocenters. The van der Waals surface area contributed by atoms with Crippen molar-refractivity contribution in [3.8, 4) is 0 Å². The van der Waals surface area contributed by atoms with Gasteiger partial charge in [-0.3, -0.25) is 4.98 Å². The molecule has 2 rings (SSSR count). The van der Waals surface area contributed by atoms with Crippen molar-refractivity contribution >= 4 is 38.1 Å². The van der Waals surface area contributed by atoms with Crippen molar-refractivity contribution in [3.63, 3.8) is 0 Å². The predicted octanol–water partition coefficient (Wildman–Crippen LogP) is 1.58. The highest BCUT2D eigenvalue weighted by Gasteiger charge is 2.16. The monoisotopic (exact) mass is 309 g/mol. The van der Waals surface area contributed by atoms with Crippen LogP contribution in [0, 0.1) is 0 Å². The summed E-state index contributed by atoms with van der Waals surface area (Å²) in [5.74, 6) is 0. The first-order valence-electron chi connectivity index (χ1n) is 6.12. The summed E-state index contributed by atoms with van der Waals surface area (Å²) in [6, 6.07) is 8.49. The minimum atomic E-state index is -3.56. The van der Waals surface area contributed by atoms with Gasteiger partial charge in [0.2, 0.25) is 10.0 Å². The minimum absolute atomic E-state index is 0.235. The summed E-state index contributed by atoms with van der Waals surface area (Å²) in [5, 5.41) is 0.608. The number of aromatic nitrogens is 1. The van der Waals surface area contributed by atoms with E-state index in [9.17, 15) is 8.42 Å². The molecule has 0 saturated heterocycles. The summed E-state index contributed by atoms with van der Waals surface area (Å²) in [6.07, 6.45) is 2.74. The molecule has 3 N–H and O–H groups in total. The molecule has 0 spiro atoms. The van der Waals surface area contributed by atoms with E-state index >= 15 is 0 Å². The van der Waals surface area contributed by atoms with Crippen molar-refractivity contribution in [2.75, 3.05) is 6.54 Å². The van der Waals surface area contributed by atoms with Crippen LogP contribution in [0.1, 0.15) is 12.8 Å². The Labute approximate surface area is 123 Å². The zero-order valence-electron chi connectivity index (χ0n) is 10.7. The highest BCUT2D eigenvalue weighted by Crippen LogP contribution is 2.20. The molecule has 5 nitrogen and oxygen atoms in total. The minimum Gasteiger partial charge on any atom is -0.393 e. The Morgan fingerprint density at radius 1 is 1.30 bits per heavy atom. The van der Waals surface area contributed by atoms with E-state index in [0.717, 1.165) is 0 Å². The number of benzene rings is 1. The molecule has 0 aliphatic heterocycles. The molecular weight excluding hydrogens is 294 g/mol. The van der Waals surface area contributed by atoms with Crippen molar-refractivity contribution in [3.05, 3.63) is 36.5 Å². The molecular formula is C13H15N3O2S2. The number of nitrogens with one attached hydrogen (secondary N) is 1. The van der Waals surface area contributed by atoms with Gasteiger partial charge in [-0.05, 0) is 37.1 Å². The lowest BCUT2D eigenvalue weighted by Crippen LogP contribution is -2.25. The van der Waals surface area contributed by atoms with E-state index in [2.05, 4.69) is 9.71 Å². The zero-order chi connectivity index (χ0) is 14.6. The molecule has 106 valence electrons. The maximum absolute atomic E-state index is 12.3. The average Bonchev–Trinajstić information content (AvgIpc) is 2.43. The highest BCUT2D eigenvalue weighted by atomic mass is 32.2. The maximum Gasteiger partial charge on any atom is 0.241 e. The van der Waals surface area contributed by atoms with Gasteiger partial charge in [0, 0.05) is 18.1 Å². The second kappa shape index (κ2) is 6.25. The molecule has 0 aliphatic rings. The molecule has 1 aromatic heterocycles. The molecule has 1 heterocycles. The normalized spacial score (nSPS) is 11.6. The van der Waals surface area contributed by atoms with E-state index in [0.29, 0.717) is 35.3 Å². The molecule has 0 amide bonds. The third-order valence-corrected chi connectivity index (χ3v) is 4.51. The molecule has 0 fully saturated rings. The van der Waals surface area contributed by atoms with Gasteiger partial charge >= 0.3 is 0 Å². The molecule has 1 aromatic carbocycles. The first kappa shape index (κ1) is 14.8. The summed E-state index contributed by atoms with van der Waals surface area (Å²) < 4.78 is 27.1. The summed E-state index contributed by atoms with van der Waals surface area (Å²) in [4.78, 5) is 4.77. The molecule has 20 heavy (non-hydrogen) atoms. The second-order valence-electron chi connectivity index (χ2n) is 4.29. The number of rotatable bonds is 6. The van der Waals surface area contributed by atoms with Crippen molar-refractivity contribution in [2.45, 2.75) is 17.7 Å². The third kappa shape index (κ3) is 3.50. The van der Waals surface area contributed by atoms with E-state index in [1.807, 2.05) is 0 Å². The van der Waals surface area contributed by atoms with Crippen LogP contribution in [0.4, 0.5) is 0 Å². The fourth-order valence-electron chi connectivity index (χ4n) is 1.86. The number of fused-ring (bicyclic) bond motifs is 1. The molecule has 0 unspecified atom stereocenters. The van der Waals surface area contributed by atoms with Gasteiger partial charge < -0.3 is 5.73 Å². The fraction of sp³-hybridized carbons (Fsp3) is 0.231. The Morgan fingerprint density at radius 3 is 2.85 bits per heavy atom. The average molecular weight is 309 g/mol. The van der Waals surface area contributed by atoms with Gasteiger partial charge in [-0.25, -0.2) is 13.1 Å². The van der Waals surface area contributed by atoms with Gasteiger partial charge in [-0.15, -0.1) is 0 Å². The van der Waals surface area contributed by atoms with Gasteiger partial charge in [0.05, 0.1) is 15.4 Å². The Balaban J connectivity index is 2.21. The van der Waals surface area contributed by atoms with Gasteiger partial charge in [-0.2, -0.15) is 0 Å². The van der Waals surface area contributed by atoms with E-state index in [1.54, 1.807) is 36.5 Å². The zero-order valence-corrected chi connectivity index (χ0v) is 12.4. The molecule has 0 aliphatic carbocycles. The summed E-state index contributed by atoms with van der Waals surface area (Å²) in [5.41, 5.74) is 6.03. The predicted molar refractivity (Wildman–Crippen MR) is 83.0 cm³/mol. The Kier molecular flexibility index (Phi) is 4.64. The van der Waals surface area contributed by atoms with E-state index in [1.165, 1.54) is 0 Å². The van der Waals surface area contributed by atoms with Crippen LogP contribution in [0.5, 0.6) is 0 Å². The van der Waals surface area contributed by atoms with Crippen molar-refractivity contribution < 1.29 is 8.42 Å². The number of nitrogens with two attached hydrogens (primary N) is 1. The lowest BCUT2D eigenvalue weighted by atomic mass is 10.2. The molecule has 0 radical (unpaired) electrons. The number of thiocarbonyl (C=S) groups is 1. The van der Waals surface area contributed by atoms with Crippen LogP contribution >= 0.6 is 12.2 Å². The van der Waals surface area contributed by atoms with Crippen molar-refractivity contribution in [1.29, 1.82) is 0 Å². The highest BCUT2D eigenvalue weighted by molar-refractivity contribution is 7.89. The summed E-state index contributed by atoms with van der Waals surface area (Å²) in [6.45, 7) is 0.302. The number of nitrogens with zero attached hydrogens (tertiary/aromatic N) is 1. The second-order valence-corrected chi connectivity index (χ2v) is 6.55. The van der Waals surface area contributed by atoms with Gasteiger partial charge in [0.1, 0.15) is 0 Å². The number of pyridine rings is 1. The molecule has 0 saturated carbocycles. The van der Waals surface area contributed by atoms with Crippen LogP contribution in [0.3, 0.4) is 0 Å². The van der Waals surface area contributed by atoms with Crippen LogP contribution in [0.2, 0.25) is 0 Å². The van der Waals surface area contributed by atoms with Crippen molar-refractivity contribution in [1.82, 2.24) is 9.71 Å². The largest absolute Gasteiger partial charge is 0.393 e. The Bertz CT molecular complexity index is 724. The van der Waals surface area contributed by atoms with Crippen molar-refractivity contribution in [2.24, 2.45) is 5.73 Å². The SMILES string of the molecule is NC(=S)CCCNS(=O)(=O)c1cccc2ncccc12. The van der Waals surface area contributed by atoms with Crippen LogP contribution in [0.15, 0.2) is 41.4 Å². The standard InChI is InChI=1S/C13H15N3O2S2/c14-13(19)7-3-9-16-20(17,18)12-6-1-5-11-10(12)4-2-8-15-11/h1-2,4-6,8,16H,3,7,9H2,(H2,14,19). The summed E-state index contributed by atoms with van der Waals surface area (Å²) >= 11 is 4.75. The Hall–Kier alpha value is -1.57. The van der Waals surface area contributed by atoms with E-state index in [4.69, 9.17) is 18.0 Å². The van der Waals surface area contributed by atoms with Crippen LogP contribution in [-0.2, 0) is 10.0 Å². The molecule has 2 aromatic rings. The first-order chi connectivity index (χ1) is 9.50. The van der Waals surface area contributed by atoms with Gasteiger partial charge in [0.15, 0.2) is 0 Å². The topological polar surface area (TPSA) is 85.1 Å². The molecule has 0 bridgehead atoms. The number of sulfonamides is 1. The van der Waals surface area contributed by atoms with Crippen LogP contribution in [0.25, 0.3) is 10.9 Å². The van der Waals surface area contributed by atoms with Gasteiger partial charge in [0.25, 0.3) is 0 Å². The Morgan fingerprint density at radius 2 is 2.10 bits per heavy atom. The van der Waals surface area contributed by atoms with Crippen LogP contribution in [-0.4, -0.2) is 24.9 Å². The third-order valence-electron chi connectivity index (χ3n) is 2.79. The van der Waals surface area contributed by atoms with Gasteiger partial charge in [-0.1, -0.05) is 18.3 Å². The van der Waals surface area contributed by atoms with E-state index in [-0.39, 0.29) is 4.90 Å².